The molecule has 2 aromatic carbocycles. The van der Waals surface area contributed by atoms with E-state index in [9.17, 15) is 23.2 Å². The minimum Gasteiger partial charge on any atom is -0.353 e. The number of nitrogens with zero attached hydrogens (tertiary/aromatic N) is 5. The van der Waals surface area contributed by atoms with Crippen LogP contribution >= 0.6 is 11.6 Å². The summed E-state index contributed by atoms with van der Waals surface area (Å²) in [4.78, 5) is 20.1. The van der Waals surface area contributed by atoms with Crippen LogP contribution in [0.3, 0.4) is 0 Å². The summed E-state index contributed by atoms with van der Waals surface area (Å²) in [6, 6.07) is 14.9. The molecule has 1 aromatic heterocycles. The third-order valence-corrected chi connectivity index (χ3v) is 8.34. The number of piperazine rings is 1. The maximum Gasteiger partial charge on any atom is 0.295 e. The van der Waals surface area contributed by atoms with Crippen molar-refractivity contribution < 1.29 is 17.9 Å². The third-order valence-electron chi connectivity index (χ3n) is 6.17. The highest BCUT2D eigenvalue weighted by molar-refractivity contribution is 7.94. The van der Waals surface area contributed by atoms with Crippen LogP contribution in [-0.2, 0) is 20.4 Å². The van der Waals surface area contributed by atoms with E-state index in [-0.39, 0.29) is 30.3 Å². The fraction of sp³-hybridized carbons (Fsp3) is 0.269. The second-order valence-electron chi connectivity index (χ2n) is 8.86. The number of pyridine rings is 1. The molecule has 0 spiro atoms. The topological polar surface area (TPSA) is 101 Å². The molecule has 1 atom stereocenters. The van der Waals surface area contributed by atoms with Crippen molar-refractivity contribution in [1.29, 1.82) is 5.26 Å². The Kier molecular flexibility index (Phi) is 7.90. The molecular formula is C26H26ClFN5O3S+. The molecule has 0 bridgehead atoms. The molecule has 1 saturated heterocycles. The summed E-state index contributed by atoms with van der Waals surface area (Å²) in [6.45, 7) is 1.27. The van der Waals surface area contributed by atoms with E-state index < -0.39 is 16.2 Å². The molecule has 0 saturated carbocycles. The van der Waals surface area contributed by atoms with Crippen LogP contribution in [0.5, 0.6) is 0 Å². The molecule has 1 amide bonds. The summed E-state index contributed by atoms with van der Waals surface area (Å²) in [5.41, 5.74) is 2.32. The van der Waals surface area contributed by atoms with E-state index in [0.717, 1.165) is 0 Å². The van der Waals surface area contributed by atoms with E-state index in [1.807, 2.05) is 4.90 Å². The average Bonchev–Trinajstić information content (AvgIpc) is 2.89. The zero-order chi connectivity index (χ0) is 26.7. The molecule has 0 radical (unpaired) electrons. The molecule has 1 unspecified atom stereocenters. The molecule has 8 nitrogen and oxygen atoms in total. The van der Waals surface area contributed by atoms with Crippen molar-refractivity contribution >= 4 is 33.7 Å². The van der Waals surface area contributed by atoms with Gasteiger partial charge >= 0.3 is 0 Å². The van der Waals surface area contributed by atoms with Gasteiger partial charge < -0.3 is 9.80 Å². The lowest BCUT2D eigenvalue weighted by Gasteiger charge is -2.33. The number of carbonyl (C=O) groups excluding carboxylic acids is 1. The first-order valence-corrected chi connectivity index (χ1v) is 13.5. The molecule has 2 heterocycles. The predicted molar refractivity (Wildman–Crippen MR) is 142 cm³/mol. The maximum absolute atomic E-state index is 14.0. The molecule has 11 heteroatoms. The van der Waals surface area contributed by atoms with Gasteiger partial charge in [-0.05, 0) is 34.0 Å². The normalized spacial score (nSPS) is 15.6. The molecule has 1 fully saturated rings. The number of rotatable bonds is 6. The van der Waals surface area contributed by atoms with Crippen molar-refractivity contribution in [3.8, 4) is 17.2 Å². The van der Waals surface area contributed by atoms with E-state index in [2.05, 4.69) is 11.1 Å². The van der Waals surface area contributed by atoms with Crippen molar-refractivity contribution in [1.82, 2.24) is 14.2 Å². The van der Waals surface area contributed by atoms with Crippen molar-refractivity contribution in [2.75, 3.05) is 45.2 Å². The quantitative estimate of drug-likeness (QED) is 0.465. The number of benzene rings is 2. The SMILES string of the molecule is CN(C)C(=O)c1ccc(-c2cnc(N3CCN([S+](=O)(O)Cc4ccccc4F)CC3)c(C#N)c2)cc1Cl. The van der Waals surface area contributed by atoms with Gasteiger partial charge in [0.1, 0.15) is 17.7 Å². The Bertz CT molecular complexity index is 1420. The largest absolute Gasteiger partial charge is 0.353 e. The zero-order valence-corrected chi connectivity index (χ0v) is 22.0. The van der Waals surface area contributed by atoms with Crippen LogP contribution in [0.4, 0.5) is 10.2 Å². The Morgan fingerprint density at radius 1 is 1.16 bits per heavy atom. The molecule has 192 valence electrons. The number of aromatic nitrogens is 1. The Hall–Kier alpha value is -3.36. The molecule has 0 aliphatic carbocycles. The van der Waals surface area contributed by atoms with Crippen molar-refractivity contribution in [3.05, 3.63) is 82.3 Å². The van der Waals surface area contributed by atoms with Gasteiger partial charge in [-0.2, -0.15) is 9.81 Å². The fourth-order valence-corrected chi connectivity index (χ4v) is 5.97. The van der Waals surface area contributed by atoms with Crippen molar-refractivity contribution in [3.63, 3.8) is 0 Å². The van der Waals surface area contributed by atoms with Crippen LogP contribution in [0.2, 0.25) is 5.02 Å². The first kappa shape index (κ1) is 26.7. The van der Waals surface area contributed by atoms with Gasteiger partial charge in [-0.25, -0.2) is 9.37 Å². The second-order valence-corrected chi connectivity index (χ2v) is 11.3. The second kappa shape index (κ2) is 10.9. The Labute approximate surface area is 221 Å². The zero-order valence-electron chi connectivity index (χ0n) is 20.4. The summed E-state index contributed by atoms with van der Waals surface area (Å²) in [5.74, 6) is -0.527. The molecule has 1 aliphatic heterocycles. The Morgan fingerprint density at radius 3 is 2.49 bits per heavy atom. The smallest absolute Gasteiger partial charge is 0.295 e. The summed E-state index contributed by atoms with van der Waals surface area (Å²) < 4.78 is 39.0. The van der Waals surface area contributed by atoms with Crippen LogP contribution in [0.25, 0.3) is 11.1 Å². The van der Waals surface area contributed by atoms with Crippen LogP contribution in [0, 0.1) is 17.1 Å². The third kappa shape index (κ3) is 5.81. The summed E-state index contributed by atoms with van der Waals surface area (Å²) >= 11 is 6.34. The van der Waals surface area contributed by atoms with Gasteiger partial charge in [-0.15, -0.1) is 0 Å². The van der Waals surface area contributed by atoms with Crippen LogP contribution < -0.4 is 4.90 Å². The lowest BCUT2D eigenvalue weighted by atomic mass is 10.0. The fourth-order valence-electron chi connectivity index (χ4n) is 4.15. The predicted octanol–water partition coefficient (Wildman–Crippen LogP) is 4.32. The first-order valence-electron chi connectivity index (χ1n) is 11.5. The van der Waals surface area contributed by atoms with Gasteiger partial charge in [-0.3, -0.25) is 4.79 Å². The summed E-state index contributed by atoms with van der Waals surface area (Å²) in [7, 11) is -0.152. The van der Waals surface area contributed by atoms with E-state index >= 15 is 0 Å². The van der Waals surface area contributed by atoms with Crippen LogP contribution in [0.15, 0.2) is 54.7 Å². The average molecular weight is 543 g/mol. The van der Waals surface area contributed by atoms with E-state index in [1.54, 1.807) is 50.6 Å². The van der Waals surface area contributed by atoms with Gasteiger partial charge in [0.2, 0.25) is 0 Å². The Morgan fingerprint density at radius 2 is 1.86 bits per heavy atom. The summed E-state index contributed by atoms with van der Waals surface area (Å²) in [6.07, 6.45) is 1.63. The molecule has 4 rings (SSSR count). The summed E-state index contributed by atoms with van der Waals surface area (Å²) in [5, 5.41) is 10.1. The number of hydrogen-bond acceptors (Lipinski definition) is 5. The lowest BCUT2D eigenvalue weighted by Crippen LogP contribution is -2.51. The minimum atomic E-state index is -3.45. The van der Waals surface area contributed by atoms with Crippen molar-refractivity contribution in [2.24, 2.45) is 0 Å². The van der Waals surface area contributed by atoms with E-state index in [0.29, 0.717) is 46.2 Å². The number of halogens is 2. The minimum absolute atomic E-state index is 0.195. The number of nitriles is 1. The number of hydrogen-bond donors (Lipinski definition) is 1. The van der Waals surface area contributed by atoms with Gasteiger partial charge in [0.05, 0.1) is 29.2 Å². The van der Waals surface area contributed by atoms with E-state index in [1.165, 1.54) is 27.4 Å². The highest BCUT2D eigenvalue weighted by atomic mass is 35.5. The number of anilines is 1. The standard InChI is InChI=1S/C26H25ClFN5O3S/c1-31(2)26(34)22-8-7-18(14-23(22)27)21-13-20(15-29)25(30-16-21)32-9-11-33(12-10-32)37(35,36)17-19-5-3-4-6-24(19)28/h3-8,13-14,16H,9-12,17H2,1-2H3/p+1. The monoisotopic (exact) mass is 542 g/mol. The van der Waals surface area contributed by atoms with Gasteiger partial charge in [0.25, 0.3) is 16.3 Å². The molecular weight excluding hydrogens is 517 g/mol. The van der Waals surface area contributed by atoms with Gasteiger partial charge in [0, 0.05) is 44.5 Å². The van der Waals surface area contributed by atoms with Gasteiger partial charge in [0.15, 0.2) is 5.75 Å². The highest BCUT2D eigenvalue weighted by Gasteiger charge is 2.39. The maximum atomic E-state index is 14.0. The van der Waals surface area contributed by atoms with Crippen LogP contribution in [0.1, 0.15) is 21.5 Å². The number of carbonyl (C=O) groups is 1. The van der Waals surface area contributed by atoms with Crippen molar-refractivity contribution in [2.45, 2.75) is 5.75 Å². The lowest BCUT2D eigenvalue weighted by molar-refractivity contribution is 0.0828. The van der Waals surface area contributed by atoms with E-state index in [4.69, 9.17) is 11.6 Å². The van der Waals surface area contributed by atoms with Gasteiger partial charge in [-0.1, -0.05) is 40.2 Å². The molecule has 1 aliphatic rings. The highest BCUT2D eigenvalue weighted by Crippen LogP contribution is 2.30. The van der Waals surface area contributed by atoms with Crippen LogP contribution in [-0.4, -0.2) is 64.9 Å². The Balaban J connectivity index is 1.48. The number of amides is 1. The molecule has 3 aromatic rings. The molecule has 1 N–H and O–H groups in total. The molecule has 37 heavy (non-hydrogen) atoms. The first-order chi connectivity index (χ1) is 17.6.